The standard InChI is InChI=1S/C23H28F3N3O2/c1-29(2)18(12-16-5-7-19(30)8-6-16)15-28-21(31)13-20(17-4-3-11-27-14-17)22(9-10-22)23(24,25)26/h3-8,11,14,18,20,30H,9-10,12-13,15H2,1-2H3,(H,28,31). The van der Waals surface area contributed by atoms with E-state index in [9.17, 15) is 23.1 Å². The molecular formula is C23H28F3N3O2. The molecule has 1 aliphatic rings. The van der Waals surface area contributed by atoms with Crippen molar-refractivity contribution in [1.29, 1.82) is 0 Å². The zero-order valence-electron chi connectivity index (χ0n) is 17.7. The van der Waals surface area contributed by atoms with E-state index in [4.69, 9.17) is 0 Å². The van der Waals surface area contributed by atoms with Crippen LogP contribution in [-0.4, -0.2) is 53.8 Å². The zero-order valence-corrected chi connectivity index (χ0v) is 17.7. The molecule has 31 heavy (non-hydrogen) atoms. The number of rotatable bonds is 9. The third-order valence-electron chi connectivity index (χ3n) is 6.17. The van der Waals surface area contributed by atoms with Crippen LogP contribution in [0.15, 0.2) is 48.8 Å². The molecule has 3 rings (SSSR count). The Morgan fingerprint density at radius 3 is 2.42 bits per heavy atom. The van der Waals surface area contributed by atoms with Crippen molar-refractivity contribution in [3.63, 3.8) is 0 Å². The lowest BCUT2D eigenvalue weighted by molar-refractivity contribution is -0.194. The number of carbonyl (C=O) groups excluding carboxylic acids is 1. The predicted molar refractivity (Wildman–Crippen MR) is 112 cm³/mol. The number of likely N-dealkylation sites (N-methyl/N-ethyl adjacent to an activating group) is 1. The first-order valence-corrected chi connectivity index (χ1v) is 10.3. The van der Waals surface area contributed by atoms with Crippen molar-refractivity contribution in [3.8, 4) is 5.75 Å². The van der Waals surface area contributed by atoms with Gasteiger partial charge in [-0.05, 0) is 62.7 Å². The summed E-state index contributed by atoms with van der Waals surface area (Å²) in [4.78, 5) is 18.6. The number of phenols is 1. The molecule has 1 saturated carbocycles. The van der Waals surface area contributed by atoms with E-state index in [-0.39, 0.29) is 31.1 Å². The average molecular weight is 435 g/mol. The minimum Gasteiger partial charge on any atom is -0.508 e. The molecule has 1 aromatic heterocycles. The van der Waals surface area contributed by atoms with E-state index in [1.807, 2.05) is 31.1 Å². The smallest absolute Gasteiger partial charge is 0.395 e. The molecule has 1 aromatic carbocycles. The van der Waals surface area contributed by atoms with Crippen LogP contribution in [0.2, 0.25) is 0 Å². The minimum absolute atomic E-state index is 0.0323. The molecule has 0 radical (unpaired) electrons. The Labute approximate surface area is 180 Å². The van der Waals surface area contributed by atoms with Crippen LogP contribution >= 0.6 is 0 Å². The highest BCUT2D eigenvalue weighted by atomic mass is 19.4. The maximum atomic E-state index is 13.8. The van der Waals surface area contributed by atoms with Gasteiger partial charge in [0.2, 0.25) is 5.91 Å². The lowest BCUT2D eigenvalue weighted by Gasteiger charge is -2.30. The van der Waals surface area contributed by atoms with Gasteiger partial charge >= 0.3 is 6.18 Å². The highest BCUT2D eigenvalue weighted by molar-refractivity contribution is 5.77. The first kappa shape index (κ1) is 23.1. The minimum atomic E-state index is -4.36. The monoisotopic (exact) mass is 435 g/mol. The Morgan fingerprint density at radius 2 is 1.90 bits per heavy atom. The molecule has 1 heterocycles. The normalized spacial score (nSPS) is 17.2. The number of aromatic hydroxyl groups is 1. The van der Waals surface area contributed by atoms with Crippen molar-refractivity contribution in [2.75, 3.05) is 20.6 Å². The van der Waals surface area contributed by atoms with Crippen LogP contribution in [0.1, 0.15) is 36.3 Å². The highest BCUT2D eigenvalue weighted by Crippen LogP contribution is 2.66. The fourth-order valence-electron chi connectivity index (χ4n) is 4.01. The van der Waals surface area contributed by atoms with Crippen LogP contribution in [0, 0.1) is 5.41 Å². The van der Waals surface area contributed by atoms with Gasteiger partial charge in [0.1, 0.15) is 5.75 Å². The Hall–Kier alpha value is -2.61. The molecular weight excluding hydrogens is 407 g/mol. The molecule has 8 heteroatoms. The summed E-state index contributed by atoms with van der Waals surface area (Å²) < 4.78 is 41.4. The summed E-state index contributed by atoms with van der Waals surface area (Å²) >= 11 is 0. The SMILES string of the molecule is CN(C)C(CNC(=O)CC(c1cccnc1)C1(C(F)(F)F)CC1)Cc1ccc(O)cc1. The molecule has 5 nitrogen and oxygen atoms in total. The number of hydrogen-bond donors (Lipinski definition) is 2. The number of benzene rings is 1. The second kappa shape index (κ2) is 9.26. The van der Waals surface area contributed by atoms with E-state index in [1.165, 1.54) is 12.4 Å². The maximum Gasteiger partial charge on any atom is 0.395 e. The van der Waals surface area contributed by atoms with E-state index in [0.717, 1.165) is 5.56 Å². The third-order valence-corrected chi connectivity index (χ3v) is 6.17. The van der Waals surface area contributed by atoms with Crippen LogP contribution in [0.25, 0.3) is 0 Å². The third kappa shape index (κ3) is 5.55. The van der Waals surface area contributed by atoms with Gasteiger partial charge in [0.15, 0.2) is 0 Å². The number of nitrogens with one attached hydrogen (secondary N) is 1. The quantitative estimate of drug-likeness (QED) is 0.627. The van der Waals surface area contributed by atoms with Gasteiger partial charge in [-0.2, -0.15) is 13.2 Å². The van der Waals surface area contributed by atoms with Crippen molar-refractivity contribution in [3.05, 3.63) is 59.9 Å². The van der Waals surface area contributed by atoms with Crippen LogP contribution < -0.4 is 5.32 Å². The van der Waals surface area contributed by atoms with Crippen LogP contribution in [0.3, 0.4) is 0 Å². The van der Waals surface area contributed by atoms with Crippen LogP contribution in [-0.2, 0) is 11.2 Å². The largest absolute Gasteiger partial charge is 0.508 e. The predicted octanol–water partition coefficient (Wildman–Crippen LogP) is 3.89. The van der Waals surface area contributed by atoms with Crippen LogP contribution in [0.4, 0.5) is 13.2 Å². The lowest BCUT2D eigenvalue weighted by atomic mass is 9.80. The zero-order chi connectivity index (χ0) is 22.6. The summed E-state index contributed by atoms with van der Waals surface area (Å²) in [5, 5.41) is 12.3. The molecule has 2 N–H and O–H groups in total. The summed E-state index contributed by atoms with van der Waals surface area (Å²) in [5.41, 5.74) is -0.408. The number of pyridine rings is 1. The number of halogens is 3. The molecule has 168 valence electrons. The number of alkyl halides is 3. The number of amides is 1. The van der Waals surface area contributed by atoms with Gasteiger partial charge in [-0.3, -0.25) is 9.78 Å². The number of nitrogens with zero attached hydrogens (tertiary/aromatic N) is 2. The van der Waals surface area contributed by atoms with E-state index in [2.05, 4.69) is 10.3 Å². The number of phenolic OH excluding ortho intramolecular Hbond substituents is 1. The fourth-order valence-corrected chi connectivity index (χ4v) is 4.01. The van der Waals surface area contributed by atoms with Gasteiger partial charge < -0.3 is 15.3 Å². The van der Waals surface area contributed by atoms with Crippen molar-refractivity contribution in [2.45, 2.75) is 43.8 Å². The van der Waals surface area contributed by atoms with Gasteiger partial charge in [0.25, 0.3) is 0 Å². The van der Waals surface area contributed by atoms with E-state index < -0.39 is 23.4 Å². The molecule has 2 aromatic rings. The van der Waals surface area contributed by atoms with Crippen LogP contribution in [0.5, 0.6) is 5.75 Å². The van der Waals surface area contributed by atoms with Gasteiger partial charge in [-0.1, -0.05) is 18.2 Å². The fraction of sp³-hybridized carbons (Fsp3) is 0.478. The Bertz CT molecular complexity index is 866. The molecule has 0 spiro atoms. The number of carbonyl (C=O) groups is 1. The van der Waals surface area contributed by atoms with Gasteiger partial charge in [-0.25, -0.2) is 0 Å². The summed E-state index contributed by atoms with van der Waals surface area (Å²) in [6, 6.07) is 10.0. The maximum absolute atomic E-state index is 13.8. The average Bonchev–Trinajstić information content (AvgIpc) is 3.53. The Balaban J connectivity index is 1.67. The Morgan fingerprint density at radius 1 is 1.23 bits per heavy atom. The van der Waals surface area contributed by atoms with Crippen molar-refractivity contribution in [2.24, 2.45) is 5.41 Å². The molecule has 1 amide bonds. The summed E-state index contributed by atoms with van der Waals surface area (Å²) in [7, 11) is 3.77. The van der Waals surface area contributed by atoms with Gasteiger partial charge in [0, 0.05) is 37.3 Å². The topological polar surface area (TPSA) is 65.5 Å². The van der Waals surface area contributed by atoms with E-state index >= 15 is 0 Å². The van der Waals surface area contributed by atoms with Gasteiger partial charge in [0.05, 0.1) is 5.41 Å². The summed E-state index contributed by atoms with van der Waals surface area (Å²) in [5.74, 6) is -1.17. The molecule has 2 unspecified atom stereocenters. The molecule has 0 aliphatic heterocycles. The molecule has 1 fully saturated rings. The van der Waals surface area contributed by atoms with E-state index in [1.54, 1.807) is 24.3 Å². The first-order valence-electron chi connectivity index (χ1n) is 10.3. The highest BCUT2D eigenvalue weighted by Gasteiger charge is 2.67. The van der Waals surface area contributed by atoms with Crippen molar-refractivity contribution >= 4 is 5.91 Å². The van der Waals surface area contributed by atoms with Crippen molar-refractivity contribution < 1.29 is 23.1 Å². The van der Waals surface area contributed by atoms with Gasteiger partial charge in [-0.15, -0.1) is 0 Å². The first-order chi connectivity index (χ1) is 14.6. The van der Waals surface area contributed by atoms with Crippen molar-refractivity contribution in [1.82, 2.24) is 15.2 Å². The summed E-state index contributed by atoms with van der Waals surface area (Å²) in [6.45, 7) is 0.311. The van der Waals surface area contributed by atoms with E-state index in [0.29, 0.717) is 18.5 Å². The number of aromatic nitrogens is 1. The second-order valence-electron chi connectivity index (χ2n) is 8.49. The second-order valence-corrected chi connectivity index (χ2v) is 8.49. The lowest BCUT2D eigenvalue weighted by Crippen LogP contribution is -2.42. The molecule has 2 atom stereocenters. The number of hydrogen-bond acceptors (Lipinski definition) is 4. The molecule has 0 saturated heterocycles. The molecule has 1 aliphatic carbocycles. The Kier molecular flexibility index (Phi) is 6.89. The summed E-state index contributed by atoms with van der Waals surface area (Å²) in [6.07, 6.45) is -0.958. The molecule has 0 bridgehead atoms.